The fourth-order valence-corrected chi connectivity index (χ4v) is 2.83. The van der Waals surface area contributed by atoms with Crippen LogP contribution in [0.3, 0.4) is 0 Å². The van der Waals surface area contributed by atoms with E-state index in [-0.39, 0.29) is 17.8 Å². The average Bonchev–Trinajstić information content (AvgIpc) is 2.80. The molecule has 6 nitrogen and oxygen atoms in total. The van der Waals surface area contributed by atoms with Gasteiger partial charge in [0.2, 0.25) is 22.9 Å². The number of hydrogen-bond acceptors (Lipinski definition) is 5. The monoisotopic (exact) mass is 288 g/mol. The number of para-hydroxylation sites is 1. The van der Waals surface area contributed by atoms with Crippen molar-refractivity contribution in [2.75, 3.05) is 0 Å². The van der Waals surface area contributed by atoms with Gasteiger partial charge in [-0.2, -0.15) is 4.99 Å². The number of benzene rings is 1. The van der Waals surface area contributed by atoms with E-state index in [0.717, 1.165) is 10.2 Å². The Bertz CT molecular complexity index is 669. The predicted molar refractivity (Wildman–Crippen MR) is 76.8 cm³/mol. The van der Waals surface area contributed by atoms with E-state index in [2.05, 4.69) is 20.6 Å². The lowest BCUT2D eigenvalue weighted by Crippen LogP contribution is -2.56. The maximum Gasteiger partial charge on any atom is 0.239 e. The lowest BCUT2D eigenvalue weighted by atomic mass is 10.0. The van der Waals surface area contributed by atoms with Gasteiger partial charge < -0.3 is 0 Å². The van der Waals surface area contributed by atoms with Gasteiger partial charge in [0.25, 0.3) is 0 Å². The SMILES string of the molecule is CCC1C(=O)NC(=Nc2nc3ccccc3s2)NC1=O. The number of aromatic nitrogens is 1. The van der Waals surface area contributed by atoms with Gasteiger partial charge in [-0.15, -0.1) is 0 Å². The number of amides is 2. The van der Waals surface area contributed by atoms with Crippen LogP contribution in [0.1, 0.15) is 13.3 Å². The second-order valence-corrected chi connectivity index (χ2v) is 5.37. The van der Waals surface area contributed by atoms with E-state index in [1.165, 1.54) is 11.3 Å². The molecule has 2 aromatic rings. The lowest BCUT2D eigenvalue weighted by Gasteiger charge is -2.21. The van der Waals surface area contributed by atoms with Crippen molar-refractivity contribution in [3.05, 3.63) is 24.3 Å². The number of thiazole rings is 1. The summed E-state index contributed by atoms with van der Waals surface area (Å²) in [5.41, 5.74) is 0.844. The highest BCUT2D eigenvalue weighted by molar-refractivity contribution is 7.22. The third-order valence-corrected chi connectivity index (χ3v) is 3.94. The fraction of sp³-hybridized carbons (Fsp3) is 0.231. The van der Waals surface area contributed by atoms with Crippen molar-refractivity contribution < 1.29 is 9.59 Å². The molecule has 1 aromatic carbocycles. The first-order valence-corrected chi connectivity index (χ1v) is 7.05. The van der Waals surface area contributed by atoms with Crippen molar-refractivity contribution in [2.24, 2.45) is 10.9 Å². The topological polar surface area (TPSA) is 83.4 Å². The molecule has 0 atom stereocenters. The number of rotatable bonds is 2. The van der Waals surface area contributed by atoms with Gasteiger partial charge in [-0.25, -0.2) is 4.98 Å². The Kier molecular flexibility index (Phi) is 3.19. The first kappa shape index (κ1) is 12.7. The van der Waals surface area contributed by atoms with Gasteiger partial charge in [-0.1, -0.05) is 30.4 Å². The zero-order valence-corrected chi connectivity index (χ0v) is 11.5. The summed E-state index contributed by atoms with van der Waals surface area (Å²) in [5, 5.41) is 5.67. The van der Waals surface area contributed by atoms with Crippen LogP contribution in [0.4, 0.5) is 5.13 Å². The molecule has 20 heavy (non-hydrogen) atoms. The molecule has 1 aliphatic rings. The highest BCUT2D eigenvalue weighted by Gasteiger charge is 2.31. The van der Waals surface area contributed by atoms with E-state index in [1.54, 1.807) is 6.92 Å². The Labute approximate surface area is 118 Å². The minimum Gasteiger partial charge on any atom is -0.295 e. The van der Waals surface area contributed by atoms with Crippen molar-refractivity contribution in [1.82, 2.24) is 15.6 Å². The second kappa shape index (κ2) is 5.01. The molecule has 1 fully saturated rings. The molecule has 1 aromatic heterocycles. The number of guanidine groups is 1. The number of carbonyl (C=O) groups is 2. The number of nitrogens with zero attached hydrogens (tertiary/aromatic N) is 2. The van der Waals surface area contributed by atoms with Crippen LogP contribution < -0.4 is 10.6 Å². The van der Waals surface area contributed by atoms with E-state index in [0.29, 0.717) is 11.6 Å². The third kappa shape index (κ3) is 2.27. The summed E-state index contributed by atoms with van der Waals surface area (Å²) in [5.74, 6) is -1.15. The van der Waals surface area contributed by atoms with Gasteiger partial charge in [0.05, 0.1) is 10.2 Å². The standard InChI is InChI=1S/C13H12N4O2S/c1-2-7-10(18)15-12(16-11(7)19)17-13-14-8-5-3-4-6-9(8)20-13/h3-7H,2H2,1H3,(H2,14,15,16,17,18,19). The van der Waals surface area contributed by atoms with Crippen molar-refractivity contribution in [3.8, 4) is 0 Å². The highest BCUT2D eigenvalue weighted by atomic mass is 32.1. The van der Waals surface area contributed by atoms with E-state index in [4.69, 9.17) is 0 Å². The van der Waals surface area contributed by atoms with Gasteiger partial charge in [0, 0.05) is 0 Å². The predicted octanol–water partition coefficient (Wildman–Crippen LogP) is 1.56. The van der Waals surface area contributed by atoms with E-state index in [9.17, 15) is 9.59 Å². The highest BCUT2D eigenvalue weighted by Crippen LogP contribution is 2.27. The van der Waals surface area contributed by atoms with Crippen molar-refractivity contribution in [2.45, 2.75) is 13.3 Å². The number of nitrogens with one attached hydrogen (secondary N) is 2. The lowest BCUT2D eigenvalue weighted by molar-refractivity contribution is -0.135. The maximum absolute atomic E-state index is 11.7. The van der Waals surface area contributed by atoms with Gasteiger partial charge in [-0.05, 0) is 18.6 Å². The Morgan fingerprint density at radius 1 is 1.25 bits per heavy atom. The minimum absolute atomic E-state index is 0.142. The molecule has 0 saturated carbocycles. The van der Waals surface area contributed by atoms with E-state index >= 15 is 0 Å². The maximum atomic E-state index is 11.7. The zero-order valence-electron chi connectivity index (χ0n) is 10.7. The van der Waals surface area contributed by atoms with Crippen LogP contribution in [0.25, 0.3) is 10.2 Å². The largest absolute Gasteiger partial charge is 0.295 e. The molecule has 0 bridgehead atoms. The molecule has 3 rings (SSSR count). The molecule has 0 unspecified atom stereocenters. The number of fused-ring (bicyclic) bond motifs is 1. The number of aliphatic imine (C=N–C) groups is 1. The zero-order chi connectivity index (χ0) is 14.1. The molecule has 2 N–H and O–H groups in total. The normalized spacial score (nSPS) is 18.9. The third-order valence-electron chi connectivity index (χ3n) is 3.01. The molecule has 2 amide bonds. The van der Waals surface area contributed by atoms with Crippen LogP contribution >= 0.6 is 11.3 Å². The Hall–Kier alpha value is -2.28. The second-order valence-electron chi connectivity index (χ2n) is 4.36. The van der Waals surface area contributed by atoms with Gasteiger partial charge in [0.1, 0.15) is 5.92 Å². The van der Waals surface area contributed by atoms with Crippen LogP contribution in [-0.4, -0.2) is 22.8 Å². The van der Waals surface area contributed by atoms with Crippen LogP contribution in [0, 0.1) is 5.92 Å². The molecule has 2 heterocycles. The van der Waals surface area contributed by atoms with Gasteiger partial charge in [-0.3, -0.25) is 20.2 Å². The van der Waals surface area contributed by atoms with Gasteiger partial charge in [0.15, 0.2) is 0 Å². The summed E-state index contributed by atoms with van der Waals surface area (Å²) in [6, 6.07) is 7.66. The summed E-state index contributed by atoms with van der Waals surface area (Å²) < 4.78 is 1.01. The fourth-order valence-electron chi connectivity index (χ4n) is 1.99. The minimum atomic E-state index is -0.649. The molecular formula is C13H12N4O2S. The molecule has 0 radical (unpaired) electrons. The molecule has 0 spiro atoms. The first-order chi connectivity index (χ1) is 9.67. The summed E-state index contributed by atoms with van der Waals surface area (Å²) in [6.07, 6.45) is 0.464. The summed E-state index contributed by atoms with van der Waals surface area (Å²) in [7, 11) is 0. The van der Waals surface area contributed by atoms with Crippen molar-refractivity contribution in [3.63, 3.8) is 0 Å². The Balaban J connectivity index is 1.89. The van der Waals surface area contributed by atoms with Crippen LogP contribution in [0.15, 0.2) is 29.3 Å². The summed E-state index contributed by atoms with van der Waals surface area (Å²) in [6.45, 7) is 1.79. The Morgan fingerprint density at radius 2 is 1.95 bits per heavy atom. The smallest absolute Gasteiger partial charge is 0.239 e. The van der Waals surface area contributed by atoms with Crippen LogP contribution in [0.2, 0.25) is 0 Å². The molecule has 1 aliphatic heterocycles. The van der Waals surface area contributed by atoms with Crippen LogP contribution in [-0.2, 0) is 9.59 Å². The summed E-state index contributed by atoms with van der Waals surface area (Å²) >= 11 is 1.40. The average molecular weight is 288 g/mol. The first-order valence-electron chi connectivity index (χ1n) is 6.23. The molecular weight excluding hydrogens is 276 g/mol. The van der Waals surface area contributed by atoms with Crippen molar-refractivity contribution in [1.29, 1.82) is 0 Å². The Morgan fingerprint density at radius 3 is 2.60 bits per heavy atom. The molecule has 102 valence electrons. The van der Waals surface area contributed by atoms with Crippen molar-refractivity contribution >= 4 is 44.5 Å². The molecule has 0 aliphatic carbocycles. The quantitative estimate of drug-likeness (QED) is 0.822. The number of carbonyl (C=O) groups excluding carboxylic acids is 2. The van der Waals surface area contributed by atoms with Crippen LogP contribution in [0.5, 0.6) is 0 Å². The molecule has 1 saturated heterocycles. The summed E-state index contributed by atoms with van der Waals surface area (Å²) in [4.78, 5) is 32.0. The number of hydrogen-bond donors (Lipinski definition) is 2. The molecule has 7 heteroatoms. The van der Waals surface area contributed by atoms with E-state index < -0.39 is 5.92 Å². The van der Waals surface area contributed by atoms with E-state index in [1.807, 2.05) is 24.3 Å². The van der Waals surface area contributed by atoms with Gasteiger partial charge >= 0.3 is 0 Å².